The van der Waals surface area contributed by atoms with E-state index in [0.29, 0.717) is 16.9 Å². The minimum Gasteiger partial charge on any atom is -0.488 e. The summed E-state index contributed by atoms with van der Waals surface area (Å²) >= 11 is 0. The van der Waals surface area contributed by atoms with Gasteiger partial charge in [0, 0.05) is 26.2 Å². The van der Waals surface area contributed by atoms with Gasteiger partial charge in [-0.1, -0.05) is 72.8 Å². The van der Waals surface area contributed by atoms with Crippen molar-refractivity contribution in [2.75, 3.05) is 14.1 Å². The fourth-order valence-electron chi connectivity index (χ4n) is 3.44. The minimum atomic E-state index is -0.611. The molecule has 0 saturated heterocycles. The zero-order chi connectivity index (χ0) is 24.7. The molecule has 6 nitrogen and oxygen atoms in total. The first-order valence-corrected chi connectivity index (χ1v) is 11.2. The standard InChI is InChI=1S/C28H32N2O4/c1-28(2,3)34-27(32)29-18-22-16-17-23(21-14-10-7-11-15-21)24(26(31)30(4)5)25(22)33-19-20-12-8-6-9-13-20/h6-17H,18-19H2,1-5H3,(H,29,32). The predicted octanol–water partition coefficient (Wildman–Crippen LogP) is 5.66. The van der Waals surface area contributed by atoms with Crippen LogP contribution in [0.5, 0.6) is 5.75 Å². The average Bonchev–Trinajstić information content (AvgIpc) is 2.80. The highest BCUT2D eigenvalue weighted by Gasteiger charge is 2.24. The number of benzene rings is 3. The molecule has 0 aliphatic rings. The number of ether oxygens (including phenoxy) is 2. The van der Waals surface area contributed by atoms with Crippen LogP contribution < -0.4 is 10.1 Å². The van der Waals surface area contributed by atoms with Crippen LogP contribution in [0.15, 0.2) is 72.8 Å². The Morgan fingerprint density at radius 2 is 1.50 bits per heavy atom. The quantitative estimate of drug-likeness (QED) is 0.494. The monoisotopic (exact) mass is 460 g/mol. The Hall–Kier alpha value is -3.80. The van der Waals surface area contributed by atoms with Gasteiger partial charge in [-0.05, 0) is 37.5 Å². The molecule has 1 N–H and O–H groups in total. The van der Waals surface area contributed by atoms with Gasteiger partial charge in [-0.3, -0.25) is 4.79 Å². The lowest BCUT2D eigenvalue weighted by molar-refractivity contribution is 0.0523. The summed E-state index contributed by atoms with van der Waals surface area (Å²) in [7, 11) is 3.42. The fraction of sp³-hybridized carbons (Fsp3) is 0.286. The molecule has 3 aromatic rings. The summed E-state index contributed by atoms with van der Waals surface area (Å²) < 4.78 is 11.7. The van der Waals surface area contributed by atoms with Crippen molar-refractivity contribution in [2.45, 2.75) is 39.5 Å². The molecule has 0 aliphatic carbocycles. The SMILES string of the molecule is CN(C)C(=O)c1c(-c2ccccc2)ccc(CNC(=O)OC(C)(C)C)c1OCc1ccccc1. The minimum absolute atomic E-state index is 0.155. The molecule has 0 radical (unpaired) electrons. The van der Waals surface area contributed by atoms with E-state index >= 15 is 0 Å². The number of nitrogens with one attached hydrogen (secondary N) is 1. The Morgan fingerprint density at radius 1 is 0.882 bits per heavy atom. The van der Waals surface area contributed by atoms with E-state index in [0.717, 1.165) is 16.7 Å². The van der Waals surface area contributed by atoms with Crippen LogP contribution in [0, 0.1) is 0 Å². The summed E-state index contributed by atoms with van der Waals surface area (Å²) in [5, 5.41) is 2.78. The molecular formula is C28H32N2O4. The van der Waals surface area contributed by atoms with Gasteiger partial charge in [-0.15, -0.1) is 0 Å². The van der Waals surface area contributed by atoms with Crippen LogP contribution in [0.3, 0.4) is 0 Å². The summed E-state index contributed by atoms with van der Waals surface area (Å²) in [5.41, 5.74) is 3.18. The third-order valence-corrected chi connectivity index (χ3v) is 4.99. The smallest absolute Gasteiger partial charge is 0.407 e. The maximum atomic E-state index is 13.4. The fourth-order valence-corrected chi connectivity index (χ4v) is 3.44. The molecule has 3 rings (SSSR count). The van der Waals surface area contributed by atoms with Gasteiger partial charge in [0.05, 0.1) is 5.56 Å². The number of hydrogen-bond acceptors (Lipinski definition) is 4. The highest BCUT2D eigenvalue weighted by atomic mass is 16.6. The van der Waals surface area contributed by atoms with Crippen LogP contribution in [0.25, 0.3) is 11.1 Å². The van der Waals surface area contributed by atoms with Gasteiger partial charge in [-0.25, -0.2) is 4.79 Å². The Labute approximate surface area is 201 Å². The van der Waals surface area contributed by atoms with Gasteiger partial charge in [0.25, 0.3) is 5.91 Å². The molecule has 0 bridgehead atoms. The Bertz CT molecular complexity index is 1120. The summed E-state index contributed by atoms with van der Waals surface area (Å²) in [6, 6.07) is 23.2. The highest BCUT2D eigenvalue weighted by Crippen LogP contribution is 2.35. The van der Waals surface area contributed by atoms with Gasteiger partial charge >= 0.3 is 6.09 Å². The number of amides is 2. The van der Waals surface area contributed by atoms with Crippen LogP contribution in [0.4, 0.5) is 4.79 Å². The lowest BCUT2D eigenvalue weighted by Gasteiger charge is -2.23. The van der Waals surface area contributed by atoms with Crippen molar-refractivity contribution in [1.82, 2.24) is 10.2 Å². The van der Waals surface area contributed by atoms with E-state index in [1.54, 1.807) is 14.1 Å². The molecular weight excluding hydrogens is 428 g/mol. The number of nitrogens with zero attached hydrogens (tertiary/aromatic N) is 1. The van der Waals surface area contributed by atoms with E-state index < -0.39 is 11.7 Å². The summed E-state index contributed by atoms with van der Waals surface area (Å²) in [5.74, 6) is 0.265. The molecule has 0 aliphatic heterocycles. The maximum absolute atomic E-state index is 13.4. The number of hydrogen-bond donors (Lipinski definition) is 1. The summed E-state index contributed by atoms with van der Waals surface area (Å²) in [6.07, 6.45) is -0.533. The molecule has 0 spiro atoms. The second-order valence-corrected chi connectivity index (χ2v) is 9.17. The van der Waals surface area contributed by atoms with Crippen molar-refractivity contribution in [3.05, 3.63) is 89.5 Å². The average molecular weight is 461 g/mol. The van der Waals surface area contributed by atoms with Gasteiger partial charge < -0.3 is 19.7 Å². The third-order valence-electron chi connectivity index (χ3n) is 4.99. The van der Waals surface area contributed by atoms with E-state index in [9.17, 15) is 9.59 Å². The predicted molar refractivity (Wildman–Crippen MR) is 134 cm³/mol. The van der Waals surface area contributed by atoms with E-state index in [-0.39, 0.29) is 19.1 Å². The molecule has 34 heavy (non-hydrogen) atoms. The largest absolute Gasteiger partial charge is 0.488 e. The van der Waals surface area contributed by atoms with Crippen molar-refractivity contribution in [1.29, 1.82) is 0 Å². The highest BCUT2D eigenvalue weighted by molar-refractivity contribution is 6.03. The maximum Gasteiger partial charge on any atom is 0.407 e. The van der Waals surface area contributed by atoms with Crippen LogP contribution in [0.2, 0.25) is 0 Å². The van der Waals surface area contributed by atoms with Gasteiger partial charge in [-0.2, -0.15) is 0 Å². The molecule has 3 aromatic carbocycles. The van der Waals surface area contributed by atoms with Crippen molar-refractivity contribution in [3.8, 4) is 16.9 Å². The number of carbonyl (C=O) groups is 2. The first kappa shape index (κ1) is 24.8. The van der Waals surface area contributed by atoms with E-state index in [1.807, 2.05) is 93.6 Å². The molecule has 6 heteroatoms. The van der Waals surface area contributed by atoms with Crippen LogP contribution in [-0.2, 0) is 17.9 Å². The molecule has 0 unspecified atom stereocenters. The molecule has 0 atom stereocenters. The van der Waals surface area contributed by atoms with Gasteiger partial charge in [0.2, 0.25) is 0 Å². The Morgan fingerprint density at radius 3 is 2.09 bits per heavy atom. The normalized spacial score (nSPS) is 11.0. The van der Waals surface area contributed by atoms with E-state index in [4.69, 9.17) is 9.47 Å². The molecule has 0 heterocycles. The molecule has 0 fully saturated rings. The van der Waals surface area contributed by atoms with Crippen molar-refractivity contribution < 1.29 is 19.1 Å². The number of rotatable bonds is 7. The first-order chi connectivity index (χ1) is 16.2. The van der Waals surface area contributed by atoms with Crippen molar-refractivity contribution >= 4 is 12.0 Å². The molecule has 0 aromatic heterocycles. The van der Waals surface area contributed by atoms with E-state index in [2.05, 4.69) is 5.32 Å². The second kappa shape index (κ2) is 10.9. The lowest BCUT2D eigenvalue weighted by Crippen LogP contribution is -2.32. The first-order valence-electron chi connectivity index (χ1n) is 11.2. The van der Waals surface area contributed by atoms with Crippen LogP contribution >= 0.6 is 0 Å². The number of alkyl carbamates (subject to hydrolysis) is 1. The molecule has 178 valence electrons. The van der Waals surface area contributed by atoms with Crippen LogP contribution in [-0.4, -0.2) is 36.6 Å². The van der Waals surface area contributed by atoms with Crippen LogP contribution in [0.1, 0.15) is 42.3 Å². The Balaban J connectivity index is 2.05. The van der Waals surface area contributed by atoms with E-state index in [1.165, 1.54) is 4.90 Å². The zero-order valence-corrected chi connectivity index (χ0v) is 20.4. The van der Waals surface area contributed by atoms with Crippen molar-refractivity contribution in [3.63, 3.8) is 0 Å². The van der Waals surface area contributed by atoms with Gasteiger partial charge in [0.15, 0.2) is 0 Å². The summed E-state index contributed by atoms with van der Waals surface area (Å²) in [4.78, 5) is 27.2. The van der Waals surface area contributed by atoms with Crippen molar-refractivity contribution in [2.24, 2.45) is 0 Å². The Kier molecular flexibility index (Phi) is 7.95. The second-order valence-electron chi connectivity index (χ2n) is 9.17. The lowest BCUT2D eigenvalue weighted by atomic mass is 9.95. The number of carbonyl (C=O) groups excluding carboxylic acids is 2. The zero-order valence-electron chi connectivity index (χ0n) is 20.4. The molecule has 0 saturated carbocycles. The topological polar surface area (TPSA) is 67.9 Å². The molecule has 2 amide bonds. The third kappa shape index (κ3) is 6.61. The summed E-state index contributed by atoms with van der Waals surface area (Å²) in [6.45, 7) is 5.87. The van der Waals surface area contributed by atoms with Gasteiger partial charge in [0.1, 0.15) is 18.0 Å².